The molecule has 292 valence electrons. The second-order valence-corrected chi connectivity index (χ2v) is 13.3. The zero-order chi connectivity index (χ0) is 37.1. The molecular weight excluding hydrogens is 720 g/mol. The van der Waals surface area contributed by atoms with Crippen molar-refractivity contribution in [3.8, 4) is 0 Å². The highest BCUT2D eigenvalue weighted by molar-refractivity contribution is 7.82. The third-order valence-electron chi connectivity index (χ3n) is 8.89. The summed E-state index contributed by atoms with van der Waals surface area (Å²) >= 11 is 0. The van der Waals surface area contributed by atoms with Gasteiger partial charge in [-0.05, 0) is 0 Å². The summed E-state index contributed by atoms with van der Waals surface area (Å²) in [5.41, 5.74) is 0. The van der Waals surface area contributed by atoms with E-state index in [-0.39, 0.29) is 0 Å². The number of hydrogen-bond acceptors (Lipinski definition) is 25. The Kier molecular flexibility index (Phi) is 11.8. The third kappa shape index (κ3) is 6.69. The quantitative estimate of drug-likeness (QED) is 0.0929. The van der Waals surface area contributed by atoms with E-state index in [1.165, 1.54) is 0 Å². The van der Waals surface area contributed by atoms with E-state index in [2.05, 4.69) is 8.37 Å². The van der Waals surface area contributed by atoms with Gasteiger partial charge in [-0.25, -0.2) is 4.18 Å². The van der Waals surface area contributed by atoms with Crippen molar-refractivity contribution >= 4 is 10.4 Å². The highest BCUT2D eigenvalue weighted by atomic mass is 32.3. The van der Waals surface area contributed by atoms with Crippen LogP contribution >= 0.6 is 0 Å². The molecular formula is C24H40O25S. The first kappa shape index (κ1) is 40.2. The van der Waals surface area contributed by atoms with Gasteiger partial charge >= 0.3 is 16.4 Å². The van der Waals surface area contributed by atoms with Crippen LogP contribution < -0.4 is 0 Å². The molecule has 0 aromatic heterocycles. The molecule has 0 unspecified atom stereocenters. The van der Waals surface area contributed by atoms with Crippen molar-refractivity contribution in [3.05, 3.63) is 0 Å². The number of ether oxygens (including phenoxy) is 7. The van der Waals surface area contributed by atoms with Gasteiger partial charge in [-0.3, -0.25) is 4.74 Å². The molecule has 5 fully saturated rings. The summed E-state index contributed by atoms with van der Waals surface area (Å²) in [6.07, 6.45) is -31.8. The van der Waals surface area contributed by atoms with Crippen molar-refractivity contribution in [2.45, 2.75) is 116 Å². The summed E-state index contributed by atoms with van der Waals surface area (Å²) in [6.45, 7) is -5.31. The SMILES string of the molecule is O=S1(=O)O[C@@]2(O[C@]3(CO)O[C@H](CO)[C@H](O)[C@@H]3O)O[C@H](CO)[C@@H](O[C@H]3O[C@H](CO[C@@H]4O[C@H](CO)[C@H](O)[C@@H](O)[C@H]4O)[C@H](O)[C@@H](O)[C@H]3O)[C@H](O)[C@@]2(O)O1. The lowest BCUT2D eigenvalue weighted by atomic mass is 9.93. The first-order chi connectivity index (χ1) is 23.3. The number of fused-ring (bicyclic) bond motifs is 1. The van der Waals surface area contributed by atoms with Crippen molar-refractivity contribution in [1.82, 2.24) is 0 Å². The fourth-order valence-electron chi connectivity index (χ4n) is 6.06. The van der Waals surface area contributed by atoms with Crippen molar-refractivity contribution < 1.29 is 121 Å². The number of rotatable bonds is 11. The average molecular weight is 761 g/mol. The molecule has 50 heavy (non-hydrogen) atoms. The molecule has 0 saturated carbocycles. The minimum absolute atomic E-state index is 0.805. The lowest BCUT2D eigenvalue weighted by Crippen LogP contribution is -2.76. The highest BCUT2D eigenvalue weighted by Crippen LogP contribution is 2.52. The normalized spacial score (nSPS) is 53.7. The maximum Gasteiger partial charge on any atom is 0.407 e. The Morgan fingerprint density at radius 2 is 1.16 bits per heavy atom. The molecule has 0 radical (unpaired) electrons. The van der Waals surface area contributed by atoms with Gasteiger partial charge in [0.2, 0.25) is 5.79 Å². The van der Waals surface area contributed by atoms with Gasteiger partial charge in [-0.1, -0.05) is 0 Å². The Balaban J connectivity index is 1.37. The second-order valence-electron chi connectivity index (χ2n) is 12.1. The maximum absolute atomic E-state index is 12.5. The monoisotopic (exact) mass is 760 g/mol. The van der Waals surface area contributed by atoms with Crippen LogP contribution in [0.3, 0.4) is 0 Å². The smallest absolute Gasteiger partial charge is 0.394 e. The summed E-state index contributed by atoms with van der Waals surface area (Å²) < 4.78 is 71.6. The molecule has 5 saturated heterocycles. The van der Waals surface area contributed by atoms with E-state index in [1.54, 1.807) is 0 Å². The number of aliphatic hydroxyl groups excluding tert-OH is 13. The average Bonchev–Trinajstić information content (AvgIpc) is 3.45. The lowest BCUT2D eigenvalue weighted by Gasteiger charge is -2.51. The summed E-state index contributed by atoms with van der Waals surface area (Å²) in [6, 6.07) is 0. The van der Waals surface area contributed by atoms with Crippen LogP contribution in [0.15, 0.2) is 0 Å². The molecule has 0 bridgehead atoms. The fraction of sp³-hybridized carbons (Fsp3) is 1.00. The van der Waals surface area contributed by atoms with Gasteiger partial charge in [0.05, 0.1) is 26.4 Å². The predicted molar refractivity (Wildman–Crippen MR) is 143 cm³/mol. The van der Waals surface area contributed by atoms with Crippen LogP contribution in [0.1, 0.15) is 0 Å². The van der Waals surface area contributed by atoms with Crippen LogP contribution in [0.25, 0.3) is 0 Å². The molecule has 0 amide bonds. The molecule has 0 aliphatic carbocycles. The summed E-state index contributed by atoms with van der Waals surface area (Å²) in [5.74, 6) is -10.4. The minimum atomic E-state index is -5.44. The molecule has 5 heterocycles. The Morgan fingerprint density at radius 1 is 0.600 bits per heavy atom. The van der Waals surface area contributed by atoms with Gasteiger partial charge in [0.25, 0.3) is 5.79 Å². The number of hydrogen-bond donors (Lipinski definition) is 14. The van der Waals surface area contributed by atoms with Gasteiger partial charge in [0.1, 0.15) is 92.1 Å². The first-order valence-corrected chi connectivity index (χ1v) is 16.3. The van der Waals surface area contributed by atoms with Crippen molar-refractivity contribution in [1.29, 1.82) is 0 Å². The molecule has 5 rings (SSSR count). The zero-order valence-electron chi connectivity index (χ0n) is 25.4. The lowest BCUT2D eigenvalue weighted by molar-refractivity contribution is -0.530. The zero-order valence-corrected chi connectivity index (χ0v) is 26.2. The minimum Gasteiger partial charge on any atom is -0.394 e. The van der Waals surface area contributed by atoms with Crippen LogP contribution in [0.5, 0.6) is 0 Å². The molecule has 0 aromatic rings. The van der Waals surface area contributed by atoms with Crippen LogP contribution in [-0.2, 0) is 51.9 Å². The van der Waals surface area contributed by atoms with Crippen LogP contribution in [0, 0.1) is 0 Å². The molecule has 14 N–H and O–H groups in total. The topological polar surface area (TPSA) is 400 Å². The van der Waals surface area contributed by atoms with Gasteiger partial charge < -0.3 is 99.9 Å². The van der Waals surface area contributed by atoms with Crippen molar-refractivity contribution in [2.75, 3.05) is 33.0 Å². The van der Waals surface area contributed by atoms with Crippen molar-refractivity contribution in [2.24, 2.45) is 0 Å². The van der Waals surface area contributed by atoms with Crippen molar-refractivity contribution in [3.63, 3.8) is 0 Å². The molecule has 5 aliphatic rings. The Morgan fingerprint density at radius 3 is 1.72 bits per heavy atom. The Hall–Kier alpha value is -0.970. The van der Waals surface area contributed by atoms with Gasteiger partial charge in [0, 0.05) is 0 Å². The molecule has 25 nitrogen and oxygen atoms in total. The summed E-state index contributed by atoms with van der Waals surface area (Å²) in [7, 11) is -5.44. The first-order valence-electron chi connectivity index (χ1n) is 14.9. The van der Waals surface area contributed by atoms with E-state index >= 15 is 0 Å². The Labute approximate surface area is 280 Å². The second kappa shape index (κ2) is 14.7. The van der Waals surface area contributed by atoms with E-state index in [1.807, 2.05) is 0 Å². The maximum atomic E-state index is 12.5. The standard InChI is InChI=1S/C24H40O25S/c25-1-6-10(29)13(32)15(34)20(42-6)41-4-9-11(30)14(33)16(35)21(43-9)44-17-8(3-27)46-24(23(38,19(17)37)48-50(39,40)49-24)47-22(5-28)18(36)12(31)7(2-26)45-22/h6-21,25-38H,1-5H2/t6-,7-,8-,9-,10+,11+,12+,13-,14-,15-,16-,17-,18+,19+,20-,21-,22+,23-,24-/m1/s1. The van der Waals surface area contributed by atoms with E-state index in [4.69, 9.17) is 33.2 Å². The number of aliphatic hydroxyl groups is 14. The van der Waals surface area contributed by atoms with Crippen LogP contribution in [0.2, 0.25) is 0 Å². The van der Waals surface area contributed by atoms with Crippen LogP contribution in [0.4, 0.5) is 0 Å². The molecule has 5 aliphatic heterocycles. The Bertz CT molecular complexity index is 1280. The molecule has 19 atom stereocenters. The predicted octanol–water partition coefficient (Wildman–Crippen LogP) is -10.8. The van der Waals surface area contributed by atoms with E-state index in [0.717, 1.165) is 0 Å². The van der Waals surface area contributed by atoms with E-state index in [9.17, 15) is 79.9 Å². The van der Waals surface area contributed by atoms with E-state index in [0.29, 0.717) is 0 Å². The van der Waals surface area contributed by atoms with Crippen LogP contribution in [-0.4, -0.2) is 229 Å². The van der Waals surface area contributed by atoms with Gasteiger partial charge in [-0.15, -0.1) is 0 Å². The molecule has 26 heteroatoms. The van der Waals surface area contributed by atoms with Gasteiger partial charge in [-0.2, -0.15) is 12.6 Å². The summed E-state index contributed by atoms with van der Waals surface area (Å²) in [5, 5.41) is 144. The molecule has 0 spiro atoms. The van der Waals surface area contributed by atoms with E-state index < -0.39 is 159 Å². The fourth-order valence-corrected chi connectivity index (χ4v) is 7.06. The molecule has 0 aromatic carbocycles. The third-order valence-corrected chi connectivity index (χ3v) is 9.77. The highest BCUT2D eigenvalue weighted by Gasteiger charge is 2.79. The summed E-state index contributed by atoms with van der Waals surface area (Å²) in [4.78, 5) is 0. The van der Waals surface area contributed by atoms with Gasteiger partial charge in [0.15, 0.2) is 12.6 Å². The largest absolute Gasteiger partial charge is 0.407 e.